The van der Waals surface area contributed by atoms with E-state index >= 15 is 0 Å². The van der Waals surface area contributed by atoms with Gasteiger partial charge in [0, 0.05) is 18.7 Å². The van der Waals surface area contributed by atoms with Crippen LogP contribution in [0.15, 0.2) is 11.3 Å². The van der Waals surface area contributed by atoms with Crippen LogP contribution in [0.5, 0.6) is 0 Å². The molecule has 8 heteroatoms. The molecule has 11 atom stereocenters. The standard InChI is InChI=1S/C34H53N3O4S/c1-6-35-30(40)29-20(3)18-42-32-28(31(41)37(29)32)36-27(39)12-7-19(2)24-10-11-25-23-9-8-21-17-22(38)13-15-33(21,4)26(23)14-16-34(24,25)5/h19,21-26,28,32,38H,6-18H2,1-5H3,(H,35,40)(H,36,39)/t19-,21-,22-,23+,24-,25+,26+,28?,32?,33+,34-/m1/s1. The molecule has 6 rings (SSSR count). The number of aliphatic hydroxyl groups is 1. The number of carbonyl (C=O) groups excluding carboxylic acids is 3. The summed E-state index contributed by atoms with van der Waals surface area (Å²) in [6, 6.07) is -0.545. The highest BCUT2D eigenvalue weighted by Crippen LogP contribution is 2.68. The van der Waals surface area contributed by atoms with Crippen LogP contribution in [0.4, 0.5) is 0 Å². The molecule has 2 heterocycles. The lowest BCUT2D eigenvalue weighted by atomic mass is 9.44. The van der Waals surface area contributed by atoms with E-state index in [2.05, 4.69) is 31.4 Å². The summed E-state index contributed by atoms with van der Waals surface area (Å²) in [5.74, 6) is 4.52. The van der Waals surface area contributed by atoms with Crippen LogP contribution in [0.2, 0.25) is 0 Å². The highest BCUT2D eigenvalue weighted by molar-refractivity contribution is 8.00. The second kappa shape index (κ2) is 11.4. The van der Waals surface area contributed by atoms with E-state index in [1.807, 2.05) is 13.8 Å². The van der Waals surface area contributed by atoms with Crippen molar-refractivity contribution in [1.29, 1.82) is 0 Å². The van der Waals surface area contributed by atoms with E-state index in [1.54, 1.807) is 16.7 Å². The number of nitrogens with zero attached hydrogens (tertiary/aromatic N) is 1. The number of hydrogen-bond acceptors (Lipinski definition) is 5. The molecule has 234 valence electrons. The van der Waals surface area contributed by atoms with Gasteiger partial charge in [0.2, 0.25) is 5.91 Å². The monoisotopic (exact) mass is 599 g/mol. The zero-order valence-electron chi connectivity index (χ0n) is 26.4. The van der Waals surface area contributed by atoms with Crippen LogP contribution in [-0.4, -0.2) is 57.5 Å². The smallest absolute Gasteiger partial charge is 0.268 e. The minimum absolute atomic E-state index is 0.0413. The third-order valence-corrected chi connectivity index (χ3v) is 14.7. The fourth-order valence-electron chi connectivity index (χ4n) is 11.1. The van der Waals surface area contributed by atoms with Crippen molar-refractivity contribution in [1.82, 2.24) is 15.5 Å². The Morgan fingerprint density at radius 3 is 2.57 bits per heavy atom. The molecule has 0 spiro atoms. The molecule has 0 aromatic rings. The third-order valence-electron chi connectivity index (χ3n) is 13.3. The Labute approximate surface area is 256 Å². The number of amides is 3. The molecule has 0 aromatic heterocycles. The number of likely N-dealkylation sites (N-methyl/N-ethyl adjacent to an activating group) is 1. The first-order valence-electron chi connectivity index (χ1n) is 16.9. The average Bonchev–Trinajstić information content (AvgIpc) is 3.32. The van der Waals surface area contributed by atoms with Crippen molar-refractivity contribution in [3.05, 3.63) is 11.3 Å². The van der Waals surface area contributed by atoms with E-state index in [9.17, 15) is 19.5 Å². The summed E-state index contributed by atoms with van der Waals surface area (Å²) in [6.07, 6.45) is 12.3. The van der Waals surface area contributed by atoms with Crippen molar-refractivity contribution < 1.29 is 19.5 Å². The highest BCUT2D eigenvalue weighted by Gasteiger charge is 2.60. The maximum Gasteiger partial charge on any atom is 0.268 e. The molecule has 4 saturated carbocycles. The first kappa shape index (κ1) is 30.5. The predicted octanol–water partition coefficient (Wildman–Crippen LogP) is 5.23. The van der Waals surface area contributed by atoms with Gasteiger partial charge in [-0.25, -0.2) is 0 Å². The maximum atomic E-state index is 13.1. The number of carbonyl (C=O) groups is 3. The second-order valence-corrected chi connectivity index (χ2v) is 16.4. The summed E-state index contributed by atoms with van der Waals surface area (Å²) in [4.78, 5) is 40.4. The van der Waals surface area contributed by atoms with Gasteiger partial charge in [0.15, 0.2) is 0 Å². The fourth-order valence-corrected chi connectivity index (χ4v) is 12.3. The normalized spacial score (nSPS) is 43.4. The molecular weight excluding hydrogens is 546 g/mol. The van der Waals surface area contributed by atoms with Gasteiger partial charge in [-0.3, -0.25) is 19.3 Å². The first-order chi connectivity index (χ1) is 20.0. The molecule has 0 bridgehead atoms. The van der Waals surface area contributed by atoms with Gasteiger partial charge in [-0.05, 0) is 130 Å². The lowest BCUT2D eigenvalue weighted by molar-refractivity contribution is -0.147. The van der Waals surface area contributed by atoms with E-state index in [1.165, 1.54) is 44.9 Å². The predicted molar refractivity (Wildman–Crippen MR) is 166 cm³/mol. The van der Waals surface area contributed by atoms with Crippen LogP contribution in [0, 0.1) is 46.3 Å². The van der Waals surface area contributed by atoms with Gasteiger partial charge in [-0.1, -0.05) is 20.8 Å². The Hall–Kier alpha value is -1.54. The molecule has 4 aliphatic carbocycles. The summed E-state index contributed by atoms with van der Waals surface area (Å²) in [7, 11) is 0. The number of rotatable bonds is 7. The molecule has 7 nitrogen and oxygen atoms in total. The van der Waals surface area contributed by atoms with Crippen LogP contribution in [0.3, 0.4) is 0 Å². The van der Waals surface area contributed by atoms with Crippen LogP contribution in [0.1, 0.15) is 105 Å². The molecular formula is C34H53N3O4S. The number of nitrogens with one attached hydrogen (secondary N) is 2. The number of hydrogen-bond donors (Lipinski definition) is 3. The molecule has 3 N–H and O–H groups in total. The number of aliphatic hydroxyl groups excluding tert-OH is 1. The Balaban J connectivity index is 1.04. The van der Waals surface area contributed by atoms with Crippen molar-refractivity contribution in [3.8, 4) is 0 Å². The number of thioether (sulfide) groups is 1. The first-order valence-corrected chi connectivity index (χ1v) is 17.9. The third kappa shape index (κ3) is 4.85. The minimum Gasteiger partial charge on any atom is -0.393 e. The largest absolute Gasteiger partial charge is 0.393 e. The average molecular weight is 600 g/mol. The van der Waals surface area contributed by atoms with Gasteiger partial charge in [-0.2, -0.15) is 0 Å². The van der Waals surface area contributed by atoms with Gasteiger partial charge in [0.05, 0.1) is 6.10 Å². The topological polar surface area (TPSA) is 98.7 Å². The van der Waals surface area contributed by atoms with E-state index in [4.69, 9.17) is 0 Å². The van der Waals surface area contributed by atoms with Crippen LogP contribution in [0.25, 0.3) is 0 Å². The molecule has 0 aromatic carbocycles. The molecule has 3 amide bonds. The van der Waals surface area contributed by atoms with E-state index in [-0.39, 0.29) is 29.2 Å². The quantitative estimate of drug-likeness (QED) is 0.348. The Bertz CT molecular complexity index is 1140. The zero-order valence-corrected chi connectivity index (χ0v) is 27.2. The lowest BCUT2D eigenvalue weighted by Crippen LogP contribution is -2.70. The Morgan fingerprint density at radius 2 is 1.81 bits per heavy atom. The van der Waals surface area contributed by atoms with Gasteiger partial charge < -0.3 is 15.7 Å². The second-order valence-electron chi connectivity index (χ2n) is 15.3. The zero-order chi connectivity index (χ0) is 30.0. The Morgan fingerprint density at radius 1 is 1.07 bits per heavy atom. The van der Waals surface area contributed by atoms with Crippen molar-refractivity contribution in [3.63, 3.8) is 0 Å². The van der Waals surface area contributed by atoms with E-state index < -0.39 is 6.04 Å². The van der Waals surface area contributed by atoms with Crippen molar-refractivity contribution in [2.24, 2.45) is 46.3 Å². The summed E-state index contributed by atoms with van der Waals surface area (Å²) in [5.41, 5.74) is 2.14. The van der Waals surface area contributed by atoms with Gasteiger partial charge >= 0.3 is 0 Å². The molecule has 2 aliphatic heterocycles. The molecule has 1 saturated heterocycles. The van der Waals surface area contributed by atoms with Crippen molar-refractivity contribution in [2.75, 3.05) is 12.3 Å². The number of β-lactam (4-membered cyclic amide) rings is 1. The maximum absolute atomic E-state index is 13.1. The van der Waals surface area contributed by atoms with E-state index in [0.717, 1.165) is 42.6 Å². The molecule has 2 unspecified atom stereocenters. The van der Waals surface area contributed by atoms with Crippen molar-refractivity contribution in [2.45, 2.75) is 123 Å². The minimum atomic E-state index is -0.545. The number of fused-ring (bicyclic) bond motifs is 6. The van der Waals surface area contributed by atoms with Crippen LogP contribution in [-0.2, 0) is 14.4 Å². The highest BCUT2D eigenvalue weighted by atomic mass is 32.2. The fraction of sp³-hybridized carbons (Fsp3) is 0.853. The molecule has 5 fully saturated rings. The summed E-state index contributed by atoms with van der Waals surface area (Å²) in [5, 5.41) is 16.0. The summed E-state index contributed by atoms with van der Waals surface area (Å²) in [6.45, 7) is 11.8. The summed E-state index contributed by atoms with van der Waals surface area (Å²) < 4.78 is 0. The molecule has 0 radical (unpaired) electrons. The summed E-state index contributed by atoms with van der Waals surface area (Å²) >= 11 is 1.63. The van der Waals surface area contributed by atoms with E-state index in [0.29, 0.717) is 53.0 Å². The lowest BCUT2D eigenvalue weighted by Gasteiger charge is -2.61. The molecule has 6 aliphatic rings. The van der Waals surface area contributed by atoms with Gasteiger partial charge in [0.25, 0.3) is 11.8 Å². The molecule has 42 heavy (non-hydrogen) atoms. The van der Waals surface area contributed by atoms with Gasteiger partial charge in [0.1, 0.15) is 17.1 Å². The van der Waals surface area contributed by atoms with Crippen LogP contribution < -0.4 is 10.6 Å². The SMILES string of the molecule is CCNC(=O)C1=C(C)CSC2C(NC(=O)CC[C@@H](C)[C@H]3CC[C@H]4[C@@H]5CC[C@@H]6C[C@H](O)CC[C@]6(C)[C@H]5CC[C@]34C)C(=O)N12. The van der Waals surface area contributed by atoms with Crippen molar-refractivity contribution >= 4 is 29.5 Å². The van der Waals surface area contributed by atoms with Crippen LogP contribution >= 0.6 is 11.8 Å². The Kier molecular flexibility index (Phi) is 8.30. The van der Waals surface area contributed by atoms with Gasteiger partial charge in [-0.15, -0.1) is 11.8 Å².